The number of fused-ring (bicyclic) bond motifs is 1. The molecule has 1 amide bonds. The Morgan fingerprint density at radius 1 is 1.13 bits per heavy atom. The van der Waals surface area contributed by atoms with Crippen molar-refractivity contribution in [2.24, 2.45) is 0 Å². The molecule has 3 aromatic carbocycles. The number of hydrogen-bond acceptors (Lipinski definition) is 7. The van der Waals surface area contributed by atoms with Gasteiger partial charge in [-0.2, -0.15) is 0 Å². The molecule has 0 aliphatic carbocycles. The summed E-state index contributed by atoms with van der Waals surface area (Å²) in [6.45, 7) is 6.78. The van der Waals surface area contributed by atoms with Crippen LogP contribution in [0.25, 0.3) is 0 Å². The maximum absolute atomic E-state index is 13.8. The number of carbonyl (C=O) groups excluding carboxylic acids is 1. The van der Waals surface area contributed by atoms with Crippen molar-refractivity contribution < 1.29 is 27.6 Å². The number of nitro benzene ring substituents is 1. The summed E-state index contributed by atoms with van der Waals surface area (Å²) < 4.78 is 39.9. The maximum Gasteiger partial charge on any atom is 0.273 e. The molecule has 1 aliphatic heterocycles. The van der Waals surface area contributed by atoms with Crippen molar-refractivity contribution in [3.8, 4) is 11.5 Å². The lowest BCUT2D eigenvalue weighted by Gasteiger charge is -2.38. The smallest absolute Gasteiger partial charge is 0.273 e. The number of nitrogens with zero attached hydrogens (tertiary/aromatic N) is 2. The molecule has 1 N–H and O–H groups in total. The summed E-state index contributed by atoms with van der Waals surface area (Å²) in [4.78, 5) is 24.0. The molecule has 1 aliphatic rings. The number of nitro groups is 1. The van der Waals surface area contributed by atoms with Crippen molar-refractivity contribution >= 4 is 27.3 Å². The van der Waals surface area contributed by atoms with E-state index in [0.29, 0.717) is 23.5 Å². The standard InChI is InChI=1S/C28H31N3O7S/c1-18-6-13-23-24(16-28(3,4)38-26(23)14-18)29-27(32)17-30(20-8-10-21(37-5)11-9-20)39(35,36)22-12-7-19(2)25(15-22)31(33)34/h6-15,24H,16-17H2,1-5H3,(H,29,32). The molecule has 0 saturated carbocycles. The minimum Gasteiger partial charge on any atom is -0.497 e. The van der Waals surface area contributed by atoms with Crippen molar-refractivity contribution in [3.05, 3.63) is 87.5 Å². The lowest BCUT2D eigenvalue weighted by atomic mass is 9.89. The van der Waals surface area contributed by atoms with E-state index in [-0.39, 0.29) is 16.3 Å². The van der Waals surface area contributed by atoms with Gasteiger partial charge in [0.1, 0.15) is 23.6 Å². The number of amides is 1. The Morgan fingerprint density at radius 3 is 2.46 bits per heavy atom. The van der Waals surface area contributed by atoms with Crippen LogP contribution in [0.4, 0.5) is 11.4 Å². The van der Waals surface area contributed by atoms with Gasteiger partial charge in [0.15, 0.2) is 0 Å². The van der Waals surface area contributed by atoms with Gasteiger partial charge < -0.3 is 14.8 Å². The van der Waals surface area contributed by atoms with Crippen LogP contribution in [0.2, 0.25) is 0 Å². The van der Waals surface area contributed by atoms with Crippen LogP contribution < -0.4 is 19.1 Å². The van der Waals surface area contributed by atoms with Gasteiger partial charge in [0, 0.05) is 23.6 Å². The van der Waals surface area contributed by atoms with Crippen LogP contribution in [-0.2, 0) is 14.8 Å². The monoisotopic (exact) mass is 553 g/mol. The van der Waals surface area contributed by atoms with Gasteiger partial charge in [-0.3, -0.25) is 19.2 Å². The van der Waals surface area contributed by atoms with Gasteiger partial charge in [-0.05, 0) is 69.7 Å². The second-order valence-corrected chi connectivity index (χ2v) is 12.0. The summed E-state index contributed by atoms with van der Waals surface area (Å²) in [5, 5.41) is 14.5. The minimum atomic E-state index is -4.37. The fourth-order valence-corrected chi connectivity index (χ4v) is 6.04. The second kappa shape index (κ2) is 10.6. The van der Waals surface area contributed by atoms with Gasteiger partial charge in [0.05, 0.1) is 28.7 Å². The van der Waals surface area contributed by atoms with Crippen LogP contribution in [0, 0.1) is 24.0 Å². The SMILES string of the molecule is COc1ccc(N(CC(=O)NC2CC(C)(C)Oc3cc(C)ccc32)S(=O)(=O)c2ccc(C)c([N+](=O)[O-])c2)cc1. The molecule has 0 spiro atoms. The molecule has 1 atom stereocenters. The number of methoxy groups -OCH3 is 1. The van der Waals surface area contributed by atoms with Gasteiger partial charge in [0.25, 0.3) is 15.7 Å². The molecule has 0 bridgehead atoms. The summed E-state index contributed by atoms with van der Waals surface area (Å²) in [6.07, 6.45) is 0.480. The Labute approximate surface area is 227 Å². The number of nitrogens with one attached hydrogen (secondary N) is 1. The van der Waals surface area contributed by atoms with E-state index in [4.69, 9.17) is 9.47 Å². The maximum atomic E-state index is 13.8. The lowest BCUT2D eigenvalue weighted by Crippen LogP contribution is -2.45. The minimum absolute atomic E-state index is 0.206. The fraction of sp³-hybridized carbons (Fsp3) is 0.321. The van der Waals surface area contributed by atoms with Gasteiger partial charge in [-0.15, -0.1) is 0 Å². The number of sulfonamides is 1. The topological polar surface area (TPSA) is 128 Å². The molecule has 0 radical (unpaired) electrons. The van der Waals surface area contributed by atoms with E-state index in [1.54, 1.807) is 12.1 Å². The lowest BCUT2D eigenvalue weighted by molar-refractivity contribution is -0.385. The molecule has 11 heteroatoms. The van der Waals surface area contributed by atoms with E-state index >= 15 is 0 Å². The van der Waals surface area contributed by atoms with Crippen molar-refractivity contribution in [1.29, 1.82) is 0 Å². The highest BCUT2D eigenvalue weighted by atomic mass is 32.2. The first-order valence-corrected chi connectivity index (χ1v) is 13.8. The Balaban J connectivity index is 1.69. The van der Waals surface area contributed by atoms with Crippen LogP contribution in [-0.4, -0.2) is 38.5 Å². The normalized spacial score (nSPS) is 16.0. The Kier molecular flexibility index (Phi) is 7.56. The van der Waals surface area contributed by atoms with Gasteiger partial charge in [0.2, 0.25) is 5.91 Å². The predicted molar refractivity (Wildman–Crippen MR) is 147 cm³/mol. The van der Waals surface area contributed by atoms with E-state index in [9.17, 15) is 23.3 Å². The van der Waals surface area contributed by atoms with E-state index in [2.05, 4.69) is 5.32 Å². The van der Waals surface area contributed by atoms with Gasteiger partial charge in [-0.25, -0.2) is 8.42 Å². The number of benzene rings is 3. The first-order valence-electron chi connectivity index (χ1n) is 12.3. The van der Waals surface area contributed by atoms with Crippen LogP contribution in [0.5, 0.6) is 11.5 Å². The first kappa shape index (κ1) is 27.9. The highest BCUT2D eigenvalue weighted by molar-refractivity contribution is 7.92. The zero-order chi connectivity index (χ0) is 28.5. The zero-order valence-corrected chi connectivity index (χ0v) is 23.2. The quantitative estimate of drug-likeness (QED) is 0.312. The molecule has 39 heavy (non-hydrogen) atoms. The number of rotatable bonds is 8. The fourth-order valence-electron chi connectivity index (χ4n) is 4.60. The number of aryl methyl sites for hydroxylation is 2. The molecule has 1 unspecified atom stereocenters. The van der Waals surface area contributed by atoms with Crippen molar-refractivity contribution in [3.63, 3.8) is 0 Å². The van der Waals surface area contributed by atoms with E-state index in [1.165, 1.54) is 38.3 Å². The zero-order valence-electron chi connectivity index (χ0n) is 22.4. The number of anilines is 1. The van der Waals surface area contributed by atoms with E-state index < -0.39 is 39.0 Å². The van der Waals surface area contributed by atoms with Gasteiger partial charge >= 0.3 is 0 Å². The molecule has 4 rings (SSSR count). The predicted octanol–water partition coefficient (Wildman–Crippen LogP) is 4.83. The van der Waals surface area contributed by atoms with Crippen LogP contribution >= 0.6 is 0 Å². The molecule has 0 saturated heterocycles. The number of ether oxygens (including phenoxy) is 2. The first-order chi connectivity index (χ1) is 18.3. The van der Waals surface area contributed by atoms with E-state index in [0.717, 1.165) is 21.5 Å². The molecule has 1 heterocycles. The second-order valence-electron chi connectivity index (χ2n) is 10.1. The average molecular weight is 554 g/mol. The summed E-state index contributed by atoms with van der Waals surface area (Å²) in [5.74, 6) is 0.635. The third kappa shape index (κ3) is 5.98. The molecule has 0 fully saturated rings. The Morgan fingerprint density at radius 2 is 1.82 bits per heavy atom. The van der Waals surface area contributed by atoms with Crippen molar-refractivity contribution in [1.82, 2.24) is 5.32 Å². The van der Waals surface area contributed by atoms with Crippen molar-refractivity contribution in [2.45, 2.75) is 50.7 Å². The van der Waals surface area contributed by atoms with Crippen molar-refractivity contribution in [2.75, 3.05) is 18.0 Å². The van der Waals surface area contributed by atoms with Gasteiger partial charge in [-0.1, -0.05) is 18.2 Å². The Bertz CT molecular complexity index is 1520. The summed E-state index contributed by atoms with van der Waals surface area (Å²) in [5.41, 5.74) is 1.47. The summed E-state index contributed by atoms with van der Waals surface area (Å²) in [6, 6.07) is 15.2. The molecular formula is C28H31N3O7S. The number of carbonyl (C=O) groups is 1. The molecule has 3 aromatic rings. The Hall–Kier alpha value is -4.12. The average Bonchev–Trinajstić information content (AvgIpc) is 2.86. The molecule has 10 nitrogen and oxygen atoms in total. The molecular weight excluding hydrogens is 522 g/mol. The summed E-state index contributed by atoms with van der Waals surface area (Å²) >= 11 is 0. The van der Waals surface area contributed by atoms with E-state index in [1.807, 2.05) is 39.0 Å². The molecule has 206 valence electrons. The highest BCUT2D eigenvalue weighted by Gasteiger charge is 2.36. The third-order valence-electron chi connectivity index (χ3n) is 6.57. The molecule has 0 aromatic heterocycles. The summed E-state index contributed by atoms with van der Waals surface area (Å²) in [7, 11) is -2.89. The highest BCUT2D eigenvalue weighted by Crippen LogP contribution is 2.40. The van der Waals surface area contributed by atoms with Crippen LogP contribution in [0.3, 0.4) is 0 Å². The van der Waals surface area contributed by atoms with Crippen LogP contribution in [0.1, 0.15) is 43.0 Å². The third-order valence-corrected chi connectivity index (χ3v) is 8.34. The van der Waals surface area contributed by atoms with Crippen LogP contribution in [0.15, 0.2) is 65.6 Å². The number of hydrogen-bond donors (Lipinski definition) is 1. The largest absolute Gasteiger partial charge is 0.497 e.